The van der Waals surface area contributed by atoms with E-state index in [2.05, 4.69) is 32.1 Å². The summed E-state index contributed by atoms with van der Waals surface area (Å²) in [7, 11) is 0. The Morgan fingerprint density at radius 2 is 1.05 bits per heavy atom. The predicted molar refractivity (Wildman–Crippen MR) is 351 cm³/mol. The molecular weight excluding hydrogens is 1220 g/mol. The first-order chi connectivity index (χ1) is 45.3. The van der Waals surface area contributed by atoms with Crippen molar-refractivity contribution in [3.8, 4) is 0 Å². The zero-order chi connectivity index (χ0) is 68.0. The van der Waals surface area contributed by atoms with Crippen LogP contribution in [-0.4, -0.2) is 141 Å². The van der Waals surface area contributed by atoms with Gasteiger partial charge in [-0.15, -0.1) is 0 Å². The van der Waals surface area contributed by atoms with Gasteiger partial charge in [0.1, 0.15) is 36.4 Å². The lowest BCUT2D eigenvalue weighted by atomic mass is 9.72. The van der Waals surface area contributed by atoms with Crippen LogP contribution in [0.15, 0.2) is 66.7 Å². The maximum atomic E-state index is 15.6. The first kappa shape index (κ1) is 69.2. The predicted octanol–water partition coefficient (Wildman–Crippen LogP) is 6.92. The van der Waals surface area contributed by atoms with Gasteiger partial charge in [-0.3, -0.25) is 67.9 Å². The minimum absolute atomic E-state index is 0.0649. The third-order valence-corrected chi connectivity index (χ3v) is 19.5. The Hall–Kier alpha value is -8.64. The van der Waals surface area contributed by atoms with Crippen LogP contribution in [0.25, 0.3) is 34.0 Å². The lowest BCUT2D eigenvalue weighted by molar-refractivity contribution is -0.170. The molecule has 0 radical (unpaired) electrons. The average molecular weight is 1310 g/mol. The van der Waals surface area contributed by atoms with E-state index in [1.54, 1.807) is 58.9 Å². The molecule has 10 rings (SSSR count). The number of aromatic nitrogens is 2. The highest BCUT2D eigenvalue weighted by Gasteiger charge is 2.47. The summed E-state index contributed by atoms with van der Waals surface area (Å²) in [6.07, 6.45) is 7.37. The highest BCUT2D eigenvalue weighted by atomic mass is 16.6. The number of amides is 6. The van der Waals surface area contributed by atoms with Gasteiger partial charge >= 0.3 is 23.9 Å². The second kappa shape index (κ2) is 29.6. The molecule has 4 aliphatic heterocycles. The standard InChI is InChI=1S/C71H90N10O14/c1-10-59(83)93-51-25-31-70(32-26-51)27-21-46-15-16-48-17-19-53(76-57(48)37-46)41(5)72-62(84)55-13-12-34-81(79-55)67(89)44(8)75-65(87)61(95-69(70)91)40(4)35-49-36-47-22-28-71(29-23-50(24-30-71)92-45(9)82)68(90)94-60(39(2)3)64(86)74-43(7)66(88)80-33-11-14-56(78-80)63(85)73-42(6)54-20-18-52(49)58(38-47)77-54/h15-22,27-28,36-44,50-51,55-56,60-61,78-79H,10-14,23-26,29-35H2,1-9H3,(H,72,84)(H,73,85)(H,74,86)(H,75,87)/b27-21+,28-22+/t40?,41-,42-,43+,44+,50-,51-,55+,56+,60+,61+,70-,71-/m1/s1. The van der Waals surface area contributed by atoms with E-state index in [1.165, 1.54) is 30.8 Å². The van der Waals surface area contributed by atoms with Gasteiger partial charge in [-0.25, -0.2) is 10.9 Å². The van der Waals surface area contributed by atoms with E-state index in [1.807, 2.05) is 61.5 Å². The van der Waals surface area contributed by atoms with Crippen molar-refractivity contribution >= 4 is 93.3 Å². The first-order valence-corrected chi connectivity index (χ1v) is 33.7. The number of hydrogen-bond acceptors (Lipinski definition) is 18. The number of ether oxygens (including phenoxy) is 4. The highest BCUT2D eigenvalue weighted by Crippen LogP contribution is 2.44. The van der Waals surface area contributed by atoms with Crippen molar-refractivity contribution < 1.29 is 66.9 Å². The number of hydrogen-bond donors (Lipinski definition) is 6. The summed E-state index contributed by atoms with van der Waals surface area (Å²) in [6, 6.07) is 11.9. The number of cyclic esters (lactones) is 2. The second-order valence-electron chi connectivity index (χ2n) is 27.1. The number of nitrogens with zero attached hydrogens (tertiary/aromatic N) is 4. The number of carbonyl (C=O) groups is 10. The summed E-state index contributed by atoms with van der Waals surface area (Å²) in [4.78, 5) is 151. The average Bonchev–Trinajstić information content (AvgIpc) is 1.07. The molecule has 6 amide bonds. The van der Waals surface area contributed by atoms with Gasteiger partial charge in [-0.1, -0.05) is 82.3 Å². The van der Waals surface area contributed by atoms with Gasteiger partial charge in [0.05, 0.1) is 45.3 Å². The molecule has 2 aliphatic carbocycles. The Bertz CT molecular complexity index is 3690. The van der Waals surface area contributed by atoms with E-state index >= 15 is 9.59 Å². The van der Waals surface area contributed by atoms with Crippen LogP contribution in [0.3, 0.4) is 0 Å². The summed E-state index contributed by atoms with van der Waals surface area (Å²) in [6.45, 7) is 15.5. The van der Waals surface area contributed by atoms with Crippen LogP contribution >= 0.6 is 0 Å². The fraction of sp³-hybridized carbons (Fsp3) is 0.549. The van der Waals surface area contributed by atoms with Gasteiger partial charge in [0.15, 0.2) is 12.2 Å². The maximum absolute atomic E-state index is 15.6. The summed E-state index contributed by atoms with van der Waals surface area (Å²) < 4.78 is 24.3. The van der Waals surface area contributed by atoms with Crippen LogP contribution in [0.1, 0.15) is 186 Å². The van der Waals surface area contributed by atoms with Crippen molar-refractivity contribution in [2.45, 2.75) is 213 Å². The zero-order valence-corrected chi connectivity index (χ0v) is 55.8. The lowest BCUT2D eigenvalue weighted by Gasteiger charge is -2.37. The third-order valence-electron chi connectivity index (χ3n) is 19.5. The number of nitrogens with one attached hydrogen (secondary N) is 6. The maximum Gasteiger partial charge on any atom is 0.316 e. The molecule has 24 nitrogen and oxygen atoms in total. The minimum atomic E-state index is -1.54. The van der Waals surface area contributed by atoms with E-state index in [0.29, 0.717) is 90.3 Å². The third kappa shape index (κ3) is 16.0. The summed E-state index contributed by atoms with van der Waals surface area (Å²) in [5, 5.41) is 15.9. The van der Waals surface area contributed by atoms with E-state index in [4.69, 9.17) is 28.9 Å². The number of fused-ring (bicyclic) bond motifs is 8. The topological polar surface area (TPSA) is 312 Å². The second-order valence-corrected chi connectivity index (χ2v) is 27.1. The number of hydrazine groups is 2. The Kier molecular flexibility index (Phi) is 21.5. The molecule has 95 heavy (non-hydrogen) atoms. The van der Waals surface area contributed by atoms with Gasteiger partial charge in [0.25, 0.3) is 23.6 Å². The Labute approximate surface area is 553 Å². The fourth-order valence-corrected chi connectivity index (χ4v) is 13.8. The molecule has 6 N–H and O–H groups in total. The van der Waals surface area contributed by atoms with E-state index in [-0.39, 0.29) is 69.4 Å². The van der Waals surface area contributed by atoms with E-state index < -0.39 is 125 Å². The van der Waals surface area contributed by atoms with Crippen LogP contribution in [0.4, 0.5) is 0 Å². The van der Waals surface area contributed by atoms with E-state index in [9.17, 15) is 38.4 Å². The SMILES string of the molecule is CCC(=O)O[C@H]1CC[C@@]2(/C=C/c3ccc4ccc(nc4c3)[C@@H](C)NC(=O)[C@@H]3CCCN(N3)C(=O)[C@H](C)NC(=O)[C@H](C(C)Cc3cc4cc5nc(ccc35)[C@@H](C)NC(=O)[C@@H]3CCCN(N3)C(=O)[C@H](C)NC(=O)[C@H](C(C)C)OC(=O)[C@]3(/C=C/4)CC[C@@H](OC(C)=O)CC3)OC2=O)CC1. The molecule has 24 heteroatoms. The Morgan fingerprint density at radius 3 is 1.59 bits per heavy atom. The van der Waals surface area contributed by atoms with Crippen molar-refractivity contribution in [3.05, 3.63) is 94.8 Å². The normalized spacial score (nSPS) is 30.4. The van der Waals surface area contributed by atoms with Crippen molar-refractivity contribution in [2.24, 2.45) is 22.7 Å². The monoisotopic (exact) mass is 1310 g/mol. The molecule has 2 saturated carbocycles. The summed E-state index contributed by atoms with van der Waals surface area (Å²) in [5.74, 6) is -6.76. The van der Waals surface area contributed by atoms with Crippen molar-refractivity contribution in [2.75, 3.05) is 13.1 Å². The number of benzene rings is 2. The molecule has 4 fully saturated rings. The first-order valence-electron chi connectivity index (χ1n) is 33.7. The van der Waals surface area contributed by atoms with Gasteiger partial charge in [0, 0.05) is 43.1 Å². The van der Waals surface area contributed by atoms with Crippen LogP contribution in [0, 0.1) is 22.7 Å². The summed E-state index contributed by atoms with van der Waals surface area (Å²) >= 11 is 0. The molecule has 6 heterocycles. The molecule has 1 unspecified atom stereocenters. The number of pyridine rings is 2. The fourth-order valence-electron chi connectivity index (χ4n) is 13.8. The van der Waals surface area contributed by atoms with Crippen molar-refractivity contribution in [3.63, 3.8) is 0 Å². The molecule has 2 aromatic carbocycles. The van der Waals surface area contributed by atoms with Crippen molar-refractivity contribution in [1.29, 1.82) is 0 Å². The summed E-state index contributed by atoms with van der Waals surface area (Å²) in [5.41, 5.74) is 7.62. The highest BCUT2D eigenvalue weighted by molar-refractivity contribution is 5.94. The lowest BCUT2D eigenvalue weighted by Crippen LogP contribution is -2.61. The molecule has 2 spiro atoms. The smallest absolute Gasteiger partial charge is 0.316 e. The van der Waals surface area contributed by atoms with Crippen LogP contribution in [0.5, 0.6) is 0 Å². The molecule has 4 aromatic rings. The number of carbonyl (C=O) groups excluding carboxylic acids is 10. The minimum Gasteiger partial charge on any atom is -0.463 e. The molecule has 2 saturated heterocycles. The van der Waals surface area contributed by atoms with Crippen molar-refractivity contribution in [1.82, 2.24) is 52.1 Å². The largest absolute Gasteiger partial charge is 0.463 e. The zero-order valence-electron chi connectivity index (χ0n) is 55.8. The molecule has 2 aromatic heterocycles. The number of esters is 4. The quantitative estimate of drug-likeness (QED) is 0.0807. The van der Waals surface area contributed by atoms with Crippen LogP contribution in [0.2, 0.25) is 0 Å². The van der Waals surface area contributed by atoms with Gasteiger partial charge in [0.2, 0.25) is 11.8 Å². The van der Waals surface area contributed by atoms with Crippen LogP contribution < -0.4 is 32.1 Å². The molecule has 508 valence electrons. The number of rotatable bonds is 7. The van der Waals surface area contributed by atoms with Gasteiger partial charge in [-0.2, -0.15) is 0 Å². The van der Waals surface area contributed by atoms with Gasteiger partial charge < -0.3 is 40.2 Å². The Morgan fingerprint density at radius 1 is 0.579 bits per heavy atom. The van der Waals surface area contributed by atoms with Crippen LogP contribution in [-0.2, 0) is 73.3 Å². The van der Waals surface area contributed by atoms with E-state index in [0.717, 1.165) is 10.9 Å². The molecular formula is C71H90N10O14. The van der Waals surface area contributed by atoms with Gasteiger partial charge in [-0.05, 0) is 158 Å². The molecule has 6 aliphatic rings. The Balaban J connectivity index is 1.06. The molecule has 9 atom stereocenters. The molecule has 10 bridgehead atoms.